The van der Waals surface area contributed by atoms with E-state index in [9.17, 15) is 18.0 Å². The maximum atomic E-state index is 13.3. The van der Waals surface area contributed by atoms with Crippen LogP contribution >= 0.6 is 0 Å². The van der Waals surface area contributed by atoms with E-state index in [0.717, 1.165) is 23.0 Å². The highest BCUT2D eigenvalue weighted by atomic mass is 19.4. The van der Waals surface area contributed by atoms with E-state index in [4.69, 9.17) is 9.47 Å². The van der Waals surface area contributed by atoms with Gasteiger partial charge in [0, 0.05) is 29.3 Å². The molecule has 1 N–H and O–H groups in total. The molecule has 0 radical (unpaired) electrons. The summed E-state index contributed by atoms with van der Waals surface area (Å²) in [7, 11) is 0. The van der Waals surface area contributed by atoms with Crippen LogP contribution in [0.5, 0.6) is 11.6 Å². The monoisotopic (exact) mass is 482 g/mol. The zero-order chi connectivity index (χ0) is 25.2. The van der Waals surface area contributed by atoms with Gasteiger partial charge in [-0.05, 0) is 51.1 Å². The minimum absolute atomic E-state index is 0.117. The van der Waals surface area contributed by atoms with Crippen LogP contribution in [0.1, 0.15) is 26.3 Å². The smallest absolute Gasteiger partial charge is 0.416 e. The van der Waals surface area contributed by atoms with Crippen LogP contribution in [0.15, 0.2) is 67.1 Å². The highest BCUT2D eigenvalue weighted by Crippen LogP contribution is 2.36. The third-order valence-electron chi connectivity index (χ3n) is 4.70. The van der Waals surface area contributed by atoms with Crippen molar-refractivity contribution in [2.75, 3.05) is 5.32 Å². The molecule has 2 heterocycles. The Balaban J connectivity index is 1.67. The molecule has 35 heavy (non-hydrogen) atoms. The molecule has 10 heteroatoms. The number of anilines is 1. The largest absolute Gasteiger partial charge is 0.444 e. The van der Waals surface area contributed by atoms with Gasteiger partial charge in [0.1, 0.15) is 17.7 Å². The Bertz CT molecular complexity index is 1380. The van der Waals surface area contributed by atoms with Crippen molar-refractivity contribution in [3.8, 4) is 22.9 Å². The molecule has 0 bridgehead atoms. The van der Waals surface area contributed by atoms with Gasteiger partial charge < -0.3 is 9.47 Å². The fourth-order valence-electron chi connectivity index (χ4n) is 3.23. The van der Waals surface area contributed by atoms with E-state index in [0.29, 0.717) is 5.75 Å². The van der Waals surface area contributed by atoms with E-state index < -0.39 is 23.4 Å². The van der Waals surface area contributed by atoms with Gasteiger partial charge in [0.15, 0.2) is 0 Å². The first-order chi connectivity index (χ1) is 16.5. The highest BCUT2D eigenvalue weighted by molar-refractivity contribution is 5.91. The fourth-order valence-corrected chi connectivity index (χ4v) is 3.23. The van der Waals surface area contributed by atoms with Crippen molar-refractivity contribution < 1.29 is 27.4 Å². The Labute approximate surface area is 199 Å². The number of ether oxygens (including phenoxy) is 2. The van der Waals surface area contributed by atoms with Crippen LogP contribution in [-0.4, -0.2) is 26.6 Å². The number of rotatable bonds is 4. The maximum absolute atomic E-state index is 13.3. The Kier molecular flexibility index (Phi) is 6.29. The minimum atomic E-state index is -4.60. The third-order valence-corrected chi connectivity index (χ3v) is 4.70. The Morgan fingerprint density at radius 3 is 2.49 bits per heavy atom. The number of alkyl halides is 3. The van der Waals surface area contributed by atoms with Gasteiger partial charge in [0.2, 0.25) is 5.88 Å². The predicted molar refractivity (Wildman–Crippen MR) is 124 cm³/mol. The summed E-state index contributed by atoms with van der Waals surface area (Å²) in [5.41, 5.74) is -0.678. The van der Waals surface area contributed by atoms with Crippen LogP contribution in [0.25, 0.3) is 22.2 Å². The summed E-state index contributed by atoms with van der Waals surface area (Å²) in [6.45, 7) is 4.95. The number of hydrogen-bond acceptors (Lipinski definition) is 6. The highest BCUT2D eigenvalue weighted by Gasteiger charge is 2.31. The Morgan fingerprint density at radius 1 is 0.943 bits per heavy atom. The molecule has 0 unspecified atom stereocenters. The number of fused-ring (bicyclic) bond motifs is 1. The number of halogens is 3. The SMILES string of the molecule is CC(C)(C)OC(=O)Nc1cc(C(F)(F)F)ccc1-c1cc(Oc2ccc3cccnc3c2)ncn1. The summed E-state index contributed by atoms with van der Waals surface area (Å²) in [5.74, 6) is 0.633. The molecule has 0 saturated heterocycles. The number of carbonyl (C=O) groups is 1. The van der Waals surface area contributed by atoms with Gasteiger partial charge in [-0.2, -0.15) is 13.2 Å². The lowest BCUT2D eigenvalue weighted by Gasteiger charge is -2.21. The average Bonchev–Trinajstić information content (AvgIpc) is 2.77. The third kappa shape index (κ3) is 6.03. The van der Waals surface area contributed by atoms with Crippen LogP contribution in [0.3, 0.4) is 0 Å². The van der Waals surface area contributed by atoms with E-state index in [1.165, 1.54) is 18.5 Å². The summed E-state index contributed by atoms with van der Waals surface area (Å²) >= 11 is 0. The first-order valence-electron chi connectivity index (χ1n) is 10.5. The first-order valence-corrected chi connectivity index (χ1v) is 10.5. The second kappa shape index (κ2) is 9.21. The molecule has 2 aromatic carbocycles. The van der Waals surface area contributed by atoms with Crippen molar-refractivity contribution in [1.29, 1.82) is 0 Å². The lowest BCUT2D eigenvalue weighted by molar-refractivity contribution is -0.137. The zero-order valence-corrected chi connectivity index (χ0v) is 19.1. The van der Waals surface area contributed by atoms with Crippen LogP contribution in [0.4, 0.5) is 23.7 Å². The van der Waals surface area contributed by atoms with Crippen LogP contribution in [0.2, 0.25) is 0 Å². The summed E-state index contributed by atoms with van der Waals surface area (Å²) < 4.78 is 51.0. The topological polar surface area (TPSA) is 86.2 Å². The van der Waals surface area contributed by atoms with Gasteiger partial charge in [-0.3, -0.25) is 10.3 Å². The summed E-state index contributed by atoms with van der Waals surface area (Å²) in [5, 5.41) is 3.33. The van der Waals surface area contributed by atoms with Gasteiger partial charge in [-0.15, -0.1) is 0 Å². The predicted octanol–water partition coefficient (Wildman–Crippen LogP) is 6.85. The van der Waals surface area contributed by atoms with E-state index in [1.54, 1.807) is 39.1 Å². The molecule has 4 aromatic rings. The van der Waals surface area contributed by atoms with E-state index >= 15 is 0 Å². The molecule has 0 saturated carbocycles. The average molecular weight is 482 g/mol. The molecule has 7 nitrogen and oxygen atoms in total. The van der Waals surface area contributed by atoms with Gasteiger partial charge in [-0.25, -0.2) is 14.8 Å². The summed E-state index contributed by atoms with van der Waals surface area (Å²) in [6, 6.07) is 13.5. The molecule has 0 aliphatic heterocycles. The number of aromatic nitrogens is 3. The van der Waals surface area contributed by atoms with Crippen molar-refractivity contribution in [3.05, 3.63) is 72.7 Å². The first kappa shape index (κ1) is 23.9. The van der Waals surface area contributed by atoms with Crippen molar-refractivity contribution in [2.45, 2.75) is 32.5 Å². The molecule has 0 aliphatic carbocycles. The molecule has 0 spiro atoms. The molecule has 180 valence electrons. The van der Waals surface area contributed by atoms with Crippen LogP contribution in [-0.2, 0) is 10.9 Å². The molecule has 0 aliphatic rings. The second-order valence-corrected chi connectivity index (χ2v) is 8.59. The standard InChI is InChI=1S/C25H21F3N4O3/c1-24(2,3)35-23(33)32-21-11-16(25(26,27)28)7-9-18(21)20-13-22(31-14-30-20)34-17-8-6-15-5-4-10-29-19(15)12-17/h4-14H,1-3H3,(H,32,33). The quantitative estimate of drug-likeness (QED) is 0.342. The number of carbonyl (C=O) groups excluding carboxylic acids is 1. The second-order valence-electron chi connectivity index (χ2n) is 8.59. The molecule has 0 fully saturated rings. The maximum Gasteiger partial charge on any atom is 0.416 e. The Morgan fingerprint density at radius 2 is 1.74 bits per heavy atom. The summed E-state index contributed by atoms with van der Waals surface area (Å²) in [6.07, 6.45) is -2.61. The summed E-state index contributed by atoms with van der Waals surface area (Å²) in [4.78, 5) is 24.8. The minimum Gasteiger partial charge on any atom is -0.444 e. The number of amides is 1. The number of pyridine rings is 1. The lowest BCUT2D eigenvalue weighted by Crippen LogP contribution is -2.27. The lowest BCUT2D eigenvalue weighted by atomic mass is 10.1. The van der Waals surface area contributed by atoms with E-state index in [1.807, 2.05) is 18.2 Å². The van der Waals surface area contributed by atoms with Gasteiger partial charge >= 0.3 is 12.3 Å². The van der Waals surface area contributed by atoms with Crippen LogP contribution in [0, 0.1) is 0 Å². The molecule has 1 amide bonds. The van der Waals surface area contributed by atoms with Crippen molar-refractivity contribution in [2.24, 2.45) is 0 Å². The van der Waals surface area contributed by atoms with Gasteiger partial charge in [0.25, 0.3) is 0 Å². The van der Waals surface area contributed by atoms with E-state index in [2.05, 4.69) is 20.3 Å². The van der Waals surface area contributed by atoms with Crippen molar-refractivity contribution in [1.82, 2.24) is 15.0 Å². The number of benzene rings is 2. The Hall–Kier alpha value is -4.21. The fraction of sp³-hybridized carbons (Fsp3) is 0.200. The number of nitrogens with one attached hydrogen (secondary N) is 1. The van der Waals surface area contributed by atoms with Crippen molar-refractivity contribution >= 4 is 22.7 Å². The zero-order valence-electron chi connectivity index (χ0n) is 19.1. The molecular formula is C25H21F3N4O3. The van der Waals surface area contributed by atoms with Gasteiger partial charge in [-0.1, -0.05) is 12.1 Å². The van der Waals surface area contributed by atoms with Crippen LogP contribution < -0.4 is 10.1 Å². The number of nitrogens with zero attached hydrogens (tertiary/aromatic N) is 3. The normalized spacial score (nSPS) is 11.8. The van der Waals surface area contributed by atoms with Gasteiger partial charge in [0.05, 0.1) is 22.5 Å². The van der Waals surface area contributed by atoms with Crippen molar-refractivity contribution in [3.63, 3.8) is 0 Å². The molecule has 0 atom stereocenters. The number of hydrogen-bond donors (Lipinski definition) is 1. The molecule has 4 rings (SSSR count). The molecular weight excluding hydrogens is 461 g/mol. The van der Waals surface area contributed by atoms with E-state index in [-0.39, 0.29) is 22.8 Å². The molecule has 2 aromatic heterocycles.